The van der Waals surface area contributed by atoms with Crippen LogP contribution in [0, 0.1) is 5.75 Å². The average Bonchev–Trinajstić information content (AvgIpc) is 1.89. The number of hydrogen-bond acceptors (Lipinski definition) is 1. The molecule has 0 unspecified atom stereocenters. The van der Waals surface area contributed by atoms with Crippen LogP contribution in [0.1, 0.15) is 27.2 Å². The van der Waals surface area contributed by atoms with Crippen LogP contribution in [0.3, 0.4) is 0 Å². The molecular weight excluding hydrogens is 128 g/mol. The molecule has 9 heavy (non-hydrogen) atoms. The fourth-order valence-electron chi connectivity index (χ4n) is 0.392. The molecule has 0 atom stereocenters. The zero-order chi connectivity index (χ0) is 7.11. The predicted octanol–water partition coefficient (Wildman–Crippen LogP) is 3.26. The van der Waals surface area contributed by atoms with E-state index in [4.69, 9.17) is 0 Å². The van der Waals surface area contributed by atoms with Gasteiger partial charge in [0.05, 0.1) is 0 Å². The van der Waals surface area contributed by atoms with E-state index in [9.17, 15) is 0 Å². The van der Waals surface area contributed by atoms with E-state index in [0.717, 1.165) is 5.75 Å². The van der Waals surface area contributed by atoms with Gasteiger partial charge in [0, 0.05) is 11.5 Å². The maximum atomic E-state index is 2.24. The Balaban J connectivity index is 3.07. The molecule has 0 bridgehead atoms. The van der Waals surface area contributed by atoms with Gasteiger partial charge >= 0.3 is 0 Å². The van der Waals surface area contributed by atoms with Crippen LogP contribution in [0.25, 0.3) is 0 Å². The van der Waals surface area contributed by atoms with E-state index in [1.54, 1.807) is 0 Å². The smallest absolute Gasteiger partial charge is 0.0167 e. The molecule has 0 aliphatic carbocycles. The molecule has 0 fully saturated rings. The second kappa shape index (κ2) is 6.21. The van der Waals surface area contributed by atoms with Crippen LogP contribution in [0.4, 0.5) is 0 Å². The van der Waals surface area contributed by atoms with Crippen molar-refractivity contribution < 1.29 is 0 Å². The van der Waals surface area contributed by atoms with Crippen LogP contribution in [-0.2, 0) is 0 Å². The van der Waals surface area contributed by atoms with Crippen LogP contribution < -0.4 is 0 Å². The third kappa shape index (κ3) is 5.97. The van der Waals surface area contributed by atoms with Crippen LogP contribution >= 0.6 is 11.8 Å². The fourth-order valence-corrected chi connectivity index (χ4v) is 1.17. The van der Waals surface area contributed by atoms with E-state index >= 15 is 0 Å². The van der Waals surface area contributed by atoms with Crippen molar-refractivity contribution in [1.29, 1.82) is 0 Å². The first-order chi connectivity index (χ1) is 4.31. The van der Waals surface area contributed by atoms with E-state index in [2.05, 4.69) is 32.6 Å². The molecular formula is C8H15S. The Morgan fingerprint density at radius 1 is 1.56 bits per heavy atom. The molecule has 0 N–H and O–H groups in total. The summed E-state index contributed by atoms with van der Waals surface area (Å²) in [5, 5.41) is 0. The summed E-state index contributed by atoms with van der Waals surface area (Å²) in [6, 6.07) is 0. The molecule has 0 aromatic carbocycles. The van der Waals surface area contributed by atoms with Crippen molar-refractivity contribution in [1.82, 2.24) is 0 Å². The Morgan fingerprint density at radius 2 is 2.22 bits per heavy atom. The van der Waals surface area contributed by atoms with E-state index in [1.807, 2.05) is 11.8 Å². The standard InChI is InChI=1S/C8H15S/c1-4-6-9-7-8(3)5-2/h5-6H,4,7H2,1-3H3/b8-5+. The zero-order valence-corrected chi connectivity index (χ0v) is 7.29. The van der Waals surface area contributed by atoms with Gasteiger partial charge in [-0.15, -0.1) is 0 Å². The summed E-state index contributed by atoms with van der Waals surface area (Å²) in [6.07, 6.45) is 3.33. The van der Waals surface area contributed by atoms with Gasteiger partial charge in [0.2, 0.25) is 0 Å². The lowest BCUT2D eigenvalue weighted by Gasteiger charge is -1.96. The minimum absolute atomic E-state index is 1.16. The van der Waals surface area contributed by atoms with Gasteiger partial charge in [-0.25, -0.2) is 0 Å². The third-order valence-corrected chi connectivity index (χ3v) is 2.28. The summed E-state index contributed by atoms with van der Waals surface area (Å²) in [5.74, 6) is 3.40. The van der Waals surface area contributed by atoms with Crippen molar-refractivity contribution in [2.24, 2.45) is 0 Å². The first kappa shape index (κ1) is 9.09. The van der Waals surface area contributed by atoms with Gasteiger partial charge < -0.3 is 0 Å². The molecule has 0 heterocycles. The van der Waals surface area contributed by atoms with Crippen molar-refractivity contribution in [2.75, 3.05) is 5.75 Å². The molecule has 1 radical (unpaired) electrons. The van der Waals surface area contributed by atoms with E-state index in [1.165, 1.54) is 12.0 Å². The summed E-state index contributed by atoms with van der Waals surface area (Å²) in [7, 11) is 0. The van der Waals surface area contributed by atoms with Gasteiger partial charge in [-0.2, -0.15) is 11.8 Å². The largest absolute Gasteiger partial charge is 0.153 e. The second-order valence-corrected chi connectivity index (χ2v) is 2.98. The lowest BCUT2D eigenvalue weighted by molar-refractivity contribution is 1.20. The molecule has 0 aromatic heterocycles. The van der Waals surface area contributed by atoms with Gasteiger partial charge in [0.1, 0.15) is 0 Å². The number of allylic oxidation sites excluding steroid dienone is 1. The van der Waals surface area contributed by atoms with Gasteiger partial charge in [-0.1, -0.05) is 18.6 Å². The zero-order valence-electron chi connectivity index (χ0n) is 6.48. The first-order valence-corrected chi connectivity index (χ1v) is 4.41. The summed E-state index contributed by atoms with van der Waals surface area (Å²) in [5.41, 5.74) is 1.46. The van der Waals surface area contributed by atoms with Crippen LogP contribution in [0.2, 0.25) is 0 Å². The van der Waals surface area contributed by atoms with Crippen LogP contribution in [0.5, 0.6) is 0 Å². The predicted molar refractivity (Wildman–Crippen MR) is 46.5 cm³/mol. The van der Waals surface area contributed by atoms with Crippen molar-refractivity contribution in [3.63, 3.8) is 0 Å². The Kier molecular flexibility index (Phi) is 6.28. The summed E-state index contributed by atoms with van der Waals surface area (Å²) < 4.78 is 0. The highest BCUT2D eigenvalue weighted by Crippen LogP contribution is 2.11. The molecule has 0 spiro atoms. The number of hydrogen-bond donors (Lipinski definition) is 0. The highest BCUT2D eigenvalue weighted by atomic mass is 32.2. The van der Waals surface area contributed by atoms with E-state index in [0.29, 0.717) is 0 Å². The monoisotopic (exact) mass is 143 g/mol. The maximum absolute atomic E-state index is 2.24. The normalized spacial score (nSPS) is 12.1. The minimum atomic E-state index is 1.16. The lowest BCUT2D eigenvalue weighted by Crippen LogP contribution is -1.78. The number of thioether (sulfide) groups is 1. The molecule has 0 aliphatic rings. The Morgan fingerprint density at radius 3 is 2.67 bits per heavy atom. The van der Waals surface area contributed by atoms with Gasteiger partial charge in [-0.3, -0.25) is 0 Å². The van der Waals surface area contributed by atoms with Crippen LogP contribution in [0.15, 0.2) is 11.6 Å². The Bertz CT molecular complexity index is 84.6. The molecule has 53 valence electrons. The molecule has 0 aliphatic heterocycles. The Hall–Kier alpha value is 0.0900. The third-order valence-electron chi connectivity index (χ3n) is 1.09. The first-order valence-electron chi connectivity index (χ1n) is 3.36. The van der Waals surface area contributed by atoms with Gasteiger partial charge in [-0.05, 0) is 20.3 Å². The minimum Gasteiger partial charge on any atom is -0.153 e. The van der Waals surface area contributed by atoms with Crippen molar-refractivity contribution in [3.8, 4) is 0 Å². The summed E-state index contributed by atoms with van der Waals surface area (Å²) in [6.45, 7) is 6.41. The van der Waals surface area contributed by atoms with Gasteiger partial charge in [0.15, 0.2) is 0 Å². The Labute approximate surface area is 62.7 Å². The van der Waals surface area contributed by atoms with Crippen LogP contribution in [-0.4, -0.2) is 5.75 Å². The van der Waals surface area contributed by atoms with E-state index in [-0.39, 0.29) is 0 Å². The van der Waals surface area contributed by atoms with Crippen molar-refractivity contribution in [3.05, 3.63) is 17.4 Å². The molecule has 0 saturated heterocycles. The number of rotatable bonds is 4. The maximum Gasteiger partial charge on any atom is 0.0167 e. The SMILES string of the molecule is C/C=C(\C)CS[CH]CC. The average molecular weight is 143 g/mol. The topological polar surface area (TPSA) is 0 Å². The molecule has 0 aromatic rings. The second-order valence-electron chi connectivity index (χ2n) is 2.02. The summed E-state index contributed by atoms with van der Waals surface area (Å²) in [4.78, 5) is 0. The summed E-state index contributed by atoms with van der Waals surface area (Å²) >= 11 is 1.89. The van der Waals surface area contributed by atoms with E-state index < -0.39 is 0 Å². The molecule has 0 saturated carbocycles. The molecule has 1 heteroatoms. The fraction of sp³-hybridized carbons (Fsp3) is 0.625. The molecule has 0 nitrogen and oxygen atoms in total. The lowest BCUT2D eigenvalue weighted by atomic mass is 10.3. The molecule has 0 rings (SSSR count). The van der Waals surface area contributed by atoms with Gasteiger partial charge in [0.25, 0.3) is 0 Å². The molecule has 0 amide bonds. The quantitative estimate of drug-likeness (QED) is 0.430. The van der Waals surface area contributed by atoms with Crippen molar-refractivity contribution >= 4 is 11.8 Å². The van der Waals surface area contributed by atoms with Crippen molar-refractivity contribution in [2.45, 2.75) is 27.2 Å². The highest BCUT2D eigenvalue weighted by Gasteiger charge is 1.86. The highest BCUT2D eigenvalue weighted by molar-refractivity contribution is 8.01.